The summed E-state index contributed by atoms with van der Waals surface area (Å²) in [4.78, 5) is 4.70. The lowest BCUT2D eigenvalue weighted by Gasteiger charge is -2.50. The molecule has 0 aromatic heterocycles. The standard InChI is InChI=1S/C44H62N4O2Si2/c1-13-47(43(11,49-51)31(3)41(5,6)7)39-23-17-33(18-24-39)15-21-35-27-38(30-46)36(28-37(35)29-45)22-16-34-19-25-40(26-20-34)48(14-2)44(12,50-52)32(4)42(8,9)10/h15-28,31-32H,13-14H2,1-12,51-52H3. The Balaban J connectivity index is 1.86. The van der Waals surface area contributed by atoms with E-state index >= 15 is 0 Å². The number of benzene rings is 3. The van der Waals surface area contributed by atoms with Gasteiger partial charge in [0.2, 0.25) is 0 Å². The van der Waals surface area contributed by atoms with E-state index in [1.165, 1.54) is 0 Å². The largest absolute Gasteiger partial charge is 0.406 e. The second kappa shape index (κ2) is 17.3. The minimum atomic E-state index is -0.417. The summed E-state index contributed by atoms with van der Waals surface area (Å²) in [7, 11) is 1.28. The van der Waals surface area contributed by atoms with Gasteiger partial charge in [-0.05, 0) is 97.2 Å². The SMILES string of the molecule is CCN(c1ccc(C=Cc2cc(C#N)c(C=Cc3ccc(N(CC)C(C)(O[SiH3])C(C)C(C)(C)C)cc3)cc2C#N)cc1)C(C)(O[SiH3])C(C)C(C)(C)C. The molecule has 0 heterocycles. The lowest BCUT2D eigenvalue weighted by atomic mass is 9.75. The van der Waals surface area contributed by atoms with Crippen LogP contribution in [0.5, 0.6) is 0 Å². The van der Waals surface area contributed by atoms with Crippen LogP contribution in [-0.4, -0.2) is 45.5 Å². The van der Waals surface area contributed by atoms with Gasteiger partial charge in [0.05, 0.1) is 23.3 Å². The van der Waals surface area contributed by atoms with Gasteiger partial charge < -0.3 is 18.7 Å². The van der Waals surface area contributed by atoms with Crippen molar-refractivity contribution in [1.29, 1.82) is 10.5 Å². The van der Waals surface area contributed by atoms with E-state index in [-0.39, 0.29) is 10.8 Å². The first-order valence-electron chi connectivity index (χ1n) is 18.5. The molecule has 0 N–H and O–H groups in total. The zero-order chi connectivity index (χ0) is 39.1. The molecule has 0 fully saturated rings. The monoisotopic (exact) mass is 734 g/mol. The first-order valence-corrected chi connectivity index (χ1v) is 20.2. The molecule has 52 heavy (non-hydrogen) atoms. The van der Waals surface area contributed by atoms with Gasteiger partial charge in [-0.15, -0.1) is 0 Å². The van der Waals surface area contributed by atoms with E-state index in [9.17, 15) is 10.5 Å². The molecule has 0 aliphatic carbocycles. The zero-order valence-electron chi connectivity index (χ0n) is 34.3. The number of anilines is 2. The maximum Gasteiger partial charge on any atom is 0.149 e. The fourth-order valence-electron chi connectivity index (χ4n) is 7.16. The minimum absolute atomic E-state index is 0.0862. The third kappa shape index (κ3) is 9.35. The third-order valence-electron chi connectivity index (χ3n) is 11.5. The Bertz CT molecular complexity index is 1660. The molecule has 6 nitrogen and oxygen atoms in total. The van der Waals surface area contributed by atoms with Crippen LogP contribution in [0.3, 0.4) is 0 Å². The van der Waals surface area contributed by atoms with E-state index < -0.39 is 11.4 Å². The molecule has 278 valence electrons. The fraction of sp³-hybridized carbons (Fsp3) is 0.455. The van der Waals surface area contributed by atoms with Crippen molar-refractivity contribution in [2.45, 2.75) is 94.5 Å². The van der Waals surface area contributed by atoms with Crippen molar-refractivity contribution in [3.8, 4) is 12.1 Å². The summed E-state index contributed by atoms with van der Waals surface area (Å²) in [6.45, 7) is 28.5. The quantitative estimate of drug-likeness (QED) is 0.0937. The third-order valence-corrected chi connectivity index (χ3v) is 13.2. The molecule has 3 aromatic rings. The molecule has 0 radical (unpaired) electrons. The second-order valence-electron chi connectivity index (χ2n) is 16.3. The van der Waals surface area contributed by atoms with Crippen LogP contribution in [-0.2, 0) is 8.85 Å². The number of hydrogen-bond donors (Lipinski definition) is 0. The average molecular weight is 735 g/mol. The Morgan fingerprint density at radius 3 is 1.13 bits per heavy atom. The van der Waals surface area contributed by atoms with Gasteiger partial charge in [0.1, 0.15) is 32.4 Å². The Kier molecular flexibility index (Phi) is 14.1. The Labute approximate surface area is 321 Å². The molecule has 0 bridgehead atoms. The fourth-order valence-corrected chi connectivity index (χ4v) is 8.31. The summed E-state index contributed by atoms with van der Waals surface area (Å²) < 4.78 is 12.6. The highest BCUT2D eigenvalue weighted by Gasteiger charge is 2.43. The summed E-state index contributed by atoms with van der Waals surface area (Å²) in [6.07, 6.45) is 7.82. The molecule has 0 saturated carbocycles. The topological polar surface area (TPSA) is 72.5 Å². The van der Waals surface area contributed by atoms with Crippen molar-refractivity contribution in [1.82, 2.24) is 0 Å². The first-order chi connectivity index (χ1) is 24.3. The highest BCUT2D eigenvalue weighted by atomic mass is 28.2. The van der Waals surface area contributed by atoms with Gasteiger partial charge in [0.25, 0.3) is 0 Å². The molecular formula is C44H62N4O2Si2. The highest BCUT2D eigenvalue weighted by Crippen LogP contribution is 2.42. The van der Waals surface area contributed by atoms with E-state index in [1.54, 1.807) is 12.1 Å². The van der Waals surface area contributed by atoms with E-state index in [0.29, 0.717) is 55.1 Å². The van der Waals surface area contributed by atoms with E-state index in [0.717, 1.165) is 35.6 Å². The van der Waals surface area contributed by atoms with Crippen molar-refractivity contribution in [2.75, 3.05) is 22.9 Å². The molecule has 3 aromatic carbocycles. The lowest BCUT2D eigenvalue weighted by Crippen LogP contribution is -2.56. The molecule has 4 unspecified atom stereocenters. The lowest BCUT2D eigenvalue weighted by molar-refractivity contribution is -0.0125. The van der Waals surface area contributed by atoms with E-state index in [1.807, 2.05) is 24.3 Å². The maximum absolute atomic E-state index is 10.1. The predicted molar refractivity (Wildman–Crippen MR) is 229 cm³/mol. The molecule has 0 aliphatic rings. The van der Waals surface area contributed by atoms with Crippen LogP contribution in [0.15, 0.2) is 60.7 Å². The number of nitrogens with zero attached hydrogens (tertiary/aromatic N) is 4. The molecule has 8 heteroatoms. The number of rotatable bonds is 14. The van der Waals surface area contributed by atoms with Crippen LogP contribution in [0, 0.1) is 45.3 Å². The second-order valence-corrected chi connectivity index (χ2v) is 17.1. The van der Waals surface area contributed by atoms with Crippen molar-refractivity contribution in [3.63, 3.8) is 0 Å². The van der Waals surface area contributed by atoms with Crippen LogP contribution in [0.2, 0.25) is 0 Å². The predicted octanol–water partition coefficient (Wildman–Crippen LogP) is 8.81. The van der Waals surface area contributed by atoms with Gasteiger partial charge >= 0.3 is 0 Å². The minimum Gasteiger partial charge on any atom is -0.406 e. The summed E-state index contributed by atoms with van der Waals surface area (Å²) in [6, 6.07) is 25.2. The maximum atomic E-state index is 10.1. The number of hydrogen-bond acceptors (Lipinski definition) is 6. The van der Waals surface area contributed by atoms with Crippen LogP contribution in [0.1, 0.15) is 116 Å². The summed E-state index contributed by atoms with van der Waals surface area (Å²) >= 11 is 0. The van der Waals surface area contributed by atoms with Gasteiger partial charge in [-0.25, -0.2) is 0 Å². The van der Waals surface area contributed by atoms with Crippen LogP contribution >= 0.6 is 0 Å². The van der Waals surface area contributed by atoms with Crippen molar-refractivity contribution in [2.24, 2.45) is 22.7 Å². The van der Waals surface area contributed by atoms with Crippen molar-refractivity contribution >= 4 is 56.7 Å². The smallest absolute Gasteiger partial charge is 0.149 e. The van der Waals surface area contributed by atoms with Gasteiger partial charge in [0.15, 0.2) is 0 Å². The first kappa shape index (κ1) is 42.5. The molecular weight excluding hydrogens is 673 g/mol. The van der Waals surface area contributed by atoms with Gasteiger partial charge in [-0.3, -0.25) is 0 Å². The van der Waals surface area contributed by atoms with Crippen LogP contribution in [0.4, 0.5) is 11.4 Å². The summed E-state index contributed by atoms with van der Waals surface area (Å²) in [5, 5.41) is 20.2. The van der Waals surface area contributed by atoms with Crippen LogP contribution in [0.25, 0.3) is 24.3 Å². The van der Waals surface area contributed by atoms with Gasteiger partial charge in [-0.2, -0.15) is 10.5 Å². The Morgan fingerprint density at radius 1 is 0.596 bits per heavy atom. The van der Waals surface area contributed by atoms with E-state index in [2.05, 4.69) is 154 Å². The number of nitriles is 2. The highest BCUT2D eigenvalue weighted by molar-refractivity contribution is 5.98. The molecule has 3 rings (SSSR count). The van der Waals surface area contributed by atoms with Gasteiger partial charge in [0, 0.05) is 36.3 Å². The molecule has 0 saturated heterocycles. The summed E-state index contributed by atoms with van der Waals surface area (Å²) in [5.74, 6) is 0.597. The van der Waals surface area contributed by atoms with Crippen molar-refractivity contribution in [3.05, 3.63) is 94.0 Å². The van der Waals surface area contributed by atoms with Crippen LogP contribution < -0.4 is 9.80 Å². The molecule has 0 spiro atoms. The summed E-state index contributed by atoms with van der Waals surface area (Å²) in [5.41, 5.74) is 6.03. The zero-order valence-corrected chi connectivity index (χ0v) is 38.3. The average Bonchev–Trinajstić information content (AvgIpc) is 3.12. The Morgan fingerprint density at radius 2 is 0.904 bits per heavy atom. The Hall–Kier alpha value is -3.93. The molecule has 0 aliphatic heterocycles. The molecule has 4 atom stereocenters. The van der Waals surface area contributed by atoms with Crippen molar-refractivity contribution < 1.29 is 8.85 Å². The van der Waals surface area contributed by atoms with Gasteiger partial charge in [-0.1, -0.05) is 104 Å². The molecule has 0 amide bonds. The normalized spacial score (nSPS) is 15.9. The van der Waals surface area contributed by atoms with E-state index in [4.69, 9.17) is 8.85 Å².